The summed E-state index contributed by atoms with van der Waals surface area (Å²) >= 11 is 3.35. The number of hydrogen-bond acceptors (Lipinski definition) is 3. The molecule has 0 aliphatic rings. The molecular weight excluding hydrogens is 332 g/mol. The topological polar surface area (TPSA) is 50.4 Å². The summed E-state index contributed by atoms with van der Waals surface area (Å²) in [6, 6.07) is 14.8. The normalized spacial score (nSPS) is 10.2. The molecule has 0 fully saturated rings. The van der Waals surface area contributed by atoms with Crippen molar-refractivity contribution in [3.8, 4) is 0 Å². The van der Waals surface area contributed by atoms with E-state index in [1.54, 1.807) is 19.2 Å². The summed E-state index contributed by atoms with van der Waals surface area (Å²) in [5.41, 5.74) is 2.38. The maximum Gasteiger partial charge on any atom is 0.255 e. The van der Waals surface area contributed by atoms with E-state index in [-0.39, 0.29) is 5.91 Å². The predicted molar refractivity (Wildman–Crippen MR) is 88.9 cm³/mol. The van der Waals surface area contributed by atoms with Crippen LogP contribution >= 0.6 is 15.9 Å². The highest BCUT2D eigenvalue weighted by Crippen LogP contribution is 2.15. The first-order valence-corrected chi connectivity index (χ1v) is 7.38. The largest absolute Gasteiger partial charge is 0.383 e. The second-order valence-corrected chi connectivity index (χ2v) is 5.37. The van der Waals surface area contributed by atoms with E-state index in [2.05, 4.69) is 26.6 Å². The van der Waals surface area contributed by atoms with Gasteiger partial charge in [-0.1, -0.05) is 15.9 Å². The Balaban J connectivity index is 1.93. The van der Waals surface area contributed by atoms with Gasteiger partial charge in [-0.05, 0) is 48.5 Å². The monoisotopic (exact) mass is 348 g/mol. The van der Waals surface area contributed by atoms with Crippen LogP contribution in [0.15, 0.2) is 53.0 Å². The molecule has 2 N–H and O–H groups in total. The van der Waals surface area contributed by atoms with Crippen LogP contribution in [0.25, 0.3) is 0 Å². The third kappa shape index (κ3) is 4.88. The molecule has 0 spiro atoms. The van der Waals surface area contributed by atoms with Gasteiger partial charge in [0.05, 0.1) is 6.61 Å². The number of nitrogens with one attached hydrogen (secondary N) is 2. The summed E-state index contributed by atoms with van der Waals surface area (Å²) in [6.45, 7) is 1.41. The lowest BCUT2D eigenvalue weighted by Gasteiger charge is -2.08. The van der Waals surface area contributed by atoms with E-state index in [4.69, 9.17) is 4.74 Å². The number of carbonyl (C=O) groups excluding carboxylic acids is 1. The van der Waals surface area contributed by atoms with Gasteiger partial charge in [-0.25, -0.2) is 0 Å². The van der Waals surface area contributed by atoms with Gasteiger partial charge in [0.25, 0.3) is 5.91 Å². The quantitative estimate of drug-likeness (QED) is 0.781. The Morgan fingerprint density at radius 2 is 1.67 bits per heavy atom. The molecule has 0 atom stereocenters. The molecule has 110 valence electrons. The number of amides is 1. The fraction of sp³-hybridized carbons (Fsp3) is 0.188. The summed E-state index contributed by atoms with van der Waals surface area (Å²) in [4.78, 5) is 12.1. The fourth-order valence-corrected chi connectivity index (χ4v) is 2.04. The summed E-state index contributed by atoms with van der Waals surface area (Å²) in [5, 5.41) is 6.09. The average Bonchev–Trinajstić information content (AvgIpc) is 2.50. The smallest absolute Gasteiger partial charge is 0.255 e. The number of benzene rings is 2. The van der Waals surface area contributed by atoms with E-state index in [9.17, 15) is 4.79 Å². The Morgan fingerprint density at radius 1 is 1.05 bits per heavy atom. The van der Waals surface area contributed by atoms with Crippen LogP contribution in [0.4, 0.5) is 11.4 Å². The van der Waals surface area contributed by atoms with Crippen molar-refractivity contribution >= 4 is 33.2 Å². The van der Waals surface area contributed by atoms with Crippen LogP contribution in [0.1, 0.15) is 10.4 Å². The summed E-state index contributed by atoms with van der Waals surface area (Å²) in [6.07, 6.45) is 0. The average molecular weight is 349 g/mol. The molecule has 21 heavy (non-hydrogen) atoms. The Labute approximate surface area is 132 Å². The van der Waals surface area contributed by atoms with E-state index >= 15 is 0 Å². The molecule has 0 saturated carbocycles. The van der Waals surface area contributed by atoms with Crippen LogP contribution in [0.2, 0.25) is 0 Å². The number of halogens is 1. The minimum absolute atomic E-state index is 0.123. The molecule has 1 amide bonds. The number of carbonyl (C=O) groups is 1. The predicted octanol–water partition coefficient (Wildman–Crippen LogP) is 3.76. The van der Waals surface area contributed by atoms with Gasteiger partial charge in [-0.3, -0.25) is 4.79 Å². The molecule has 0 aliphatic heterocycles. The first-order chi connectivity index (χ1) is 10.2. The van der Waals surface area contributed by atoms with E-state index in [1.165, 1.54) is 0 Å². The SMILES string of the molecule is COCCNc1ccc(NC(=O)c2ccc(Br)cc2)cc1. The molecule has 0 aromatic heterocycles. The van der Waals surface area contributed by atoms with Crippen LogP contribution < -0.4 is 10.6 Å². The molecule has 0 aliphatic carbocycles. The first kappa shape index (κ1) is 15.5. The van der Waals surface area contributed by atoms with Crippen LogP contribution in [0.3, 0.4) is 0 Å². The Hall–Kier alpha value is -1.85. The van der Waals surface area contributed by atoms with Crippen molar-refractivity contribution in [3.05, 3.63) is 58.6 Å². The standard InChI is InChI=1S/C16H17BrN2O2/c1-21-11-10-18-14-6-8-15(9-7-14)19-16(20)12-2-4-13(17)5-3-12/h2-9,18H,10-11H2,1H3,(H,19,20). The van der Waals surface area contributed by atoms with Gasteiger partial charge >= 0.3 is 0 Å². The second kappa shape index (κ2) is 7.81. The lowest BCUT2D eigenvalue weighted by atomic mass is 10.2. The zero-order chi connectivity index (χ0) is 15.1. The van der Waals surface area contributed by atoms with Gasteiger partial charge in [-0.2, -0.15) is 0 Å². The Morgan fingerprint density at radius 3 is 2.29 bits per heavy atom. The Bertz CT molecular complexity index is 582. The Kier molecular flexibility index (Phi) is 5.78. The van der Waals surface area contributed by atoms with Crippen LogP contribution in [-0.4, -0.2) is 26.2 Å². The number of hydrogen-bond donors (Lipinski definition) is 2. The molecule has 0 bridgehead atoms. The molecule has 2 aromatic rings. The van der Waals surface area contributed by atoms with Gasteiger partial charge in [0.1, 0.15) is 0 Å². The van der Waals surface area contributed by atoms with Gasteiger partial charge in [0, 0.05) is 35.1 Å². The van der Waals surface area contributed by atoms with Crippen LogP contribution in [-0.2, 0) is 4.74 Å². The summed E-state index contributed by atoms with van der Waals surface area (Å²) < 4.78 is 5.92. The van der Waals surface area contributed by atoms with Gasteiger partial charge in [0.15, 0.2) is 0 Å². The van der Waals surface area contributed by atoms with Gasteiger partial charge in [-0.15, -0.1) is 0 Å². The van der Waals surface area contributed by atoms with E-state index in [1.807, 2.05) is 36.4 Å². The van der Waals surface area contributed by atoms with Gasteiger partial charge < -0.3 is 15.4 Å². The van der Waals surface area contributed by atoms with Crippen molar-refractivity contribution < 1.29 is 9.53 Å². The van der Waals surface area contributed by atoms with Crippen molar-refractivity contribution in [1.82, 2.24) is 0 Å². The molecule has 5 heteroatoms. The zero-order valence-electron chi connectivity index (χ0n) is 11.7. The lowest BCUT2D eigenvalue weighted by Crippen LogP contribution is -2.12. The van der Waals surface area contributed by atoms with Crippen molar-refractivity contribution in [3.63, 3.8) is 0 Å². The number of rotatable bonds is 6. The third-order valence-corrected chi connectivity index (χ3v) is 3.41. The second-order valence-electron chi connectivity index (χ2n) is 4.46. The van der Waals surface area contributed by atoms with E-state index in [0.29, 0.717) is 12.2 Å². The molecule has 2 aromatic carbocycles. The number of anilines is 2. The number of methoxy groups -OCH3 is 1. The highest BCUT2D eigenvalue weighted by molar-refractivity contribution is 9.10. The van der Waals surface area contributed by atoms with E-state index < -0.39 is 0 Å². The van der Waals surface area contributed by atoms with Crippen LogP contribution in [0.5, 0.6) is 0 Å². The zero-order valence-corrected chi connectivity index (χ0v) is 13.3. The van der Waals surface area contributed by atoms with Crippen molar-refractivity contribution in [2.45, 2.75) is 0 Å². The molecule has 0 saturated heterocycles. The highest BCUT2D eigenvalue weighted by atomic mass is 79.9. The summed E-state index contributed by atoms with van der Waals surface area (Å²) in [5.74, 6) is -0.123. The maximum absolute atomic E-state index is 12.1. The summed E-state index contributed by atoms with van der Waals surface area (Å²) in [7, 11) is 1.67. The maximum atomic E-state index is 12.1. The van der Waals surface area contributed by atoms with Crippen molar-refractivity contribution in [2.24, 2.45) is 0 Å². The minimum Gasteiger partial charge on any atom is -0.383 e. The molecular formula is C16H17BrN2O2. The van der Waals surface area contributed by atoms with Crippen molar-refractivity contribution in [2.75, 3.05) is 30.9 Å². The molecule has 0 unspecified atom stereocenters. The van der Waals surface area contributed by atoms with Crippen LogP contribution in [0, 0.1) is 0 Å². The minimum atomic E-state index is -0.123. The van der Waals surface area contributed by atoms with Gasteiger partial charge in [0.2, 0.25) is 0 Å². The lowest BCUT2D eigenvalue weighted by molar-refractivity contribution is 0.102. The fourth-order valence-electron chi connectivity index (χ4n) is 1.77. The molecule has 0 radical (unpaired) electrons. The number of ether oxygens (including phenoxy) is 1. The van der Waals surface area contributed by atoms with Crippen molar-refractivity contribution in [1.29, 1.82) is 0 Å². The van der Waals surface area contributed by atoms with E-state index in [0.717, 1.165) is 22.4 Å². The third-order valence-electron chi connectivity index (χ3n) is 2.88. The highest BCUT2D eigenvalue weighted by Gasteiger charge is 2.05. The molecule has 0 heterocycles. The molecule has 4 nitrogen and oxygen atoms in total. The molecule has 2 rings (SSSR count). The first-order valence-electron chi connectivity index (χ1n) is 6.59.